The second kappa shape index (κ2) is 5.45. The molecule has 0 bridgehead atoms. The van der Waals surface area contributed by atoms with Crippen LogP contribution >= 0.6 is 0 Å². The van der Waals surface area contributed by atoms with Crippen molar-refractivity contribution >= 4 is 17.5 Å². The van der Waals surface area contributed by atoms with Crippen molar-refractivity contribution in [2.24, 2.45) is 5.92 Å². The van der Waals surface area contributed by atoms with Crippen molar-refractivity contribution in [1.82, 2.24) is 0 Å². The van der Waals surface area contributed by atoms with Crippen molar-refractivity contribution in [3.05, 3.63) is 0 Å². The van der Waals surface area contributed by atoms with Gasteiger partial charge >= 0.3 is 5.97 Å². The second-order valence-corrected chi connectivity index (χ2v) is 2.93. The van der Waals surface area contributed by atoms with Gasteiger partial charge in [0.2, 0.25) is 0 Å². The third-order valence-corrected chi connectivity index (χ3v) is 1.90. The second-order valence-electron chi connectivity index (χ2n) is 2.93. The van der Waals surface area contributed by atoms with E-state index in [0.717, 1.165) is 0 Å². The molecule has 0 aromatic carbocycles. The summed E-state index contributed by atoms with van der Waals surface area (Å²) in [7, 11) is 0. The average molecular weight is 186 g/mol. The number of carboxylic acids is 1. The molecule has 0 aromatic rings. The van der Waals surface area contributed by atoms with E-state index in [9.17, 15) is 14.4 Å². The molecule has 13 heavy (non-hydrogen) atoms. The Bertz CT molecular complexity index is 206. The normalized spacial score (nSPS) is 12.2. The van der Waals surface area contributed by atoms with Crippen molar-refractivity contribution in [2.45, 2.75) is 33.1 Å². The van der Waals surface area contributed by atoms with E-state index >= 15 is 0 Å². The zero-order valence-corrected chi connectivity index (χ0v) is 7.87. The quantitative estimate of drug-likeness (QED) is 0.629. The van der Waals surface area contributed by atoms with Gasteiger partial charge < -0.3 is 5.11 Å². The third kappa shape index (κ3) is 4.40. The zero-order chi connectivity index (χ0) is 10.4. The summed E-state index contributed by atoms with van der Waals surface area (Å²) in [6, 6.07) is 0. The molecule has 0 aliphatic heterocycles. The Hall–Kier alpha value is -1.19. The highest BCUT2D eigenvalue weighted by atomic mass is 16.4. The van der Waals surface area contributed by atoms with Crippen molar-refractivity contribution in [3.8, 4) is 0 Å². The van der Waals surface area contributed by atoms with Crippen molar-refractivity contribution in [3.63, 3.8) is 0 Å². The molecule has 0 saturated heterocycles. The van der Waals surface area contributed by atoms with Crippen LogP contribution < -0.4 is 0 Å². The van der Waals surface area contributed by atoms with E-state index in [4.69, 9.17) is 5.11 Å². The Morgan fingerprint density at radius 1 is 1.31 bits per heavy atom. The fraction of sp³-hybridized carbons (Fsp3) is 0.667. The molecule has 0 amide bonds. The van der Waals surface area contributed by atoms with Crippen LogP contribution in [0.5, 0.6) is 0 Å². The summed E-state index contributed by atoms with van der Waals surface area (Å²) in [4.78, 5) is 32.2. The number of rotatable bonds is 6. The van der Waals surface area contributed by atoms with E-state index in [0.29, 0.717) is 6.42 Å². The highest BCUT2D eigenvalue weighted by molar-refractivity contribution is 5.97. The summed E-state index contributed by atoms with van der Waals surface area (Å²) in [6.45, 7) is 2.95. The SMILES string of the molecule is CCC(=O)CCC(C(C)=O)C(=O)O. The van der Waals surface area contributed by atoms with Crippen LogP contribution in [0.4, 0.5) is 0 Å². The predicted molar refractivity (Wildman–Crippen MR) is 46.3 cm³/mol. The van der Waals surface area contributed by atoms with Gasteiger partial charge in [0, 0.05) is 12.8 Å². The van der Waals surface area contributed by atoms with Crippen LogP contribution in [0.1, 0.15) is 33.1 Å². The van der Waals surface area contributed by atoms with Crippen LogP contribution in [0.2, 0.25) is 0 Å². The number of hydrogen-bond acceptors (Lipinski definition) is 3. The number of hydrogen-bond donors (Lipinski definition) is 1. The summed E-state index contributed by atoms with van der Waals surface area (Å²) >= 11 is 0. The van der Waals surface area contributed by atoms with Gasteiger partial charge in [-0.15, -0.1) is 0 Å². The first kappa shape index (κ1) is 11.8. The van der Waals surface area contributed by atoms with E-state index in [1.807, 2.05) is 0 Å². The fourth-order valence-electron chi connectivity index (χ4n) is 0.983. The lowest BCUT2D eigenvalue weighted by atomic mass is 9.97. The summed E-state index contributed by atoms with van der Waals surface area (Å²) in [5.41, 5.74) is 0. The number of carbonyl (C=O) groups excluding carboxylic acids is 2. The van der Waals surface area contributed by atoms with E-state index in [-0.39, 0.29) is 18.6 Å². The molecule has 0 spiro atoms. The standard InChI is InChI=1S/C9H14O4/c1-3-7(11)4-5-8(6(2)10)9(12)13/h8H,3-5H2,1-2H3,(H,12,13). The smallest absolute Gasteiger partial charge is 0.314 e. The molecule has 0 radical (unpaired) electrons. The van der Waals surface area contributed by atoms with Crippen LogP contribution in [-0.4, -0.2) is 22.6 Å². The van der Waals surface area contributed by atoms with Crippen molar-refractivity contribution in [2.75, 3.05) is 0 Å². The number of carbonyl (C=O) groups is 3. The monoisotopic (exact) mass is 186 g/mol. The third-order valence-electron chi connectivity index (χ3n) is 1.90. The maximum atomic E-state index is 10.9. The maximum absolute atomic E-state index is 10.9. The molecule has 4 nitrogen and oxygen atoms in total. The van der Waals surface area contributed by atoms with Gasteiger partial charge in [0.25, 0.3) is 0 Å². The van der Waals surface area contributed by atoms with E-state index in [1.165, 1.54) is 6.92 Å². The first-order valence-electron chi connectivity index (χ1n) is 4.24. The first-order chi connectivity index (χ1) is 5.99. The van der Waals surface area contributed by atoms with Crippen molar-refractivity contribution < 1.29 is 19.5 Å². The van der Waals surface area contributed by atoms with Crippen LogP contribution in [0.15, 0.2) is 0 Å². The molecule has 0 aliphatic carbocycles. The van der Waals surface area contributed by atoms with Gasteiger partial charge in [-0.05, 0) is 13.3 Å². The highest BCUT2D eigenvalue weighted by Crippen LogP contribution is 2.09. The lowest BCUT2D eigenvalue weighted by Crippen LogP contribution is -2.22. The van der Waals surface area contributed by atoms with Crippen molar-refractivity contribution in [1.29, 1.82) is 0 Å². The van der Waals surface area contributed by atoms with Gasteiger partial charge in [-0.2, -0.15) is 0 Å². The largest absolute Gasteiger partial charge is 0.481 e. The van der Waals surface area contributed by atoms with Gasteiger partial charge in [-0.1, -0.05) is 6.92 Å². The molecule has 1 atom stereocenters. The maximum Gasteiger partial charge on any atom is 0.314 e. The van der Waals surface area contributed by atoms with Crippen LogP contribution in [0, 0.1) is 5.92 Å². The molecule has 0 heterocycles. The van der Waals surface area contributed by atoms with Crippen LogP contribution in [-0.2, 0) is 14.4 Å². The molecular weight excluding hydrogens is 172 g/mol. The Balaban J connectivity index is 4.05. The summed E-state index contributed by atoms with van der Waals surface area (Å²) in [5, 5.41) is 8.60. The number of carboxylic acid groups (broad SMARTS) is 1. The molecule has 0 aromatic heterocycles. The lowest BCUT2D eigenvalue weighted by molar-refractivity contribution is -0.146. The van der Waals surface area contributed by atoms with Gasteiger partial charge in [0.05, 0.1) is 0 Å². The van der Waals surface area contributed by atoms with E-state index < -0.39 is 17.7 Å². The summed E-state index contributed by atoms with van der Waals surface area (Å²) in [6.07, 6.45) is 0.689. The Kier molecular flexibility index (Phi) is 4.96. The Morgan fingerprint density at radius 2 is 1.85 bits per heavy atom. The molecule has 0 rings (SSSR count). The number of ketones is 2. The van der Waals surface area contributed by atoms with Crippen LogP contribution in [0.3, 0.4) is 0 Å². The minimum atomic E-state index is -1.14. The lowest BCUT2D eigenvalue weighted by Gasteiger charge is -2.06. The Morgan fingerprint density at radius 3 is 2.15 bits per heavy atom. The minimum absolute atomic E-state index is 0.00694. The number of Topliss-reactive ketones (excluding diaryl/α,β-unsaturated/α-hetero) is 2. The summed E-state index contributed by atoms with van der Waals surface area (Å²) < 4.78 is 0. The first-order valence-corrected chi connectivity index (χ1v) is 4.24. The topological polar surface area (TPSA) is 71.4 Å². The molecular formula is C9H14O4. The molecule has 0 saturated carbocycles. The molecule has 74 valence electrons. The molecule has 1 unspecified atom stereocenters. The van der Waals surface area contributed by atoms with Crippen LogP contribution in [0.25, 0.3) is 0 Å². The van der Waals surface area contributed by atoms with Gasteiger partial charge in [0.1, 0.15) is 17.5 Å². The molecule has 4 heteroatoms. The molecule has 1 N–H and O–H groups in total. The highest BCUT2D eigenvalue weighted by Gasteiger charge is 2.22. The fourth-order valence-corrected chi connectivity index (χ4v) is 0.983. The predicted octanol–water partition coefficient (Wildman–Crippen LogP) is 1.04. The minimum Gasteiger partial charge on any atom is -0.481 e. The molecule has 0 fully saturated rings. The number of aliphatic carboxylic acids is 1. The molecule has 0 aliphatic rings. The van der Waals surface area contributed by atoms with Gasteiger partial charge in [-0.3, -0.25) is 14.4 Å². The Labute approximate surface area is 76.9 Å². The van der Waals surface area contributed by atoms with E-state index in [1.54, 1.807) is 6.92 Å². The van der Waals surface area contributed by atoms with Gasteiger partial charge in [-0.25, -0.2) is 0 Å². The average Bonchev–Trinajstić information content (AvgIpc) is 2.03. The zero-order valence-electron chi connectivity index (χ0n) is 7.87. The summed E-state index contributed by atoms with van der Waals surface area (Å²) in [5.74, 6) is -2.56. The van der Waals surface area contributed by atoms with E-state index in [2.05, 4.69) is 0 Å². The van der Waals surface area contributed by atoms with Gasteiger partial charge in [0.15, 0.2) is 0 Å².